The lowest BCUT2D eigenvalue weighted by molar-refractivity contribution is -0.117. The molecule has 0 bridgehead atoms. The van der Waals surface area contributed by atoms with Crippen molar-refractivity contribution in [1.29, 1.82) is 0 Å². The molecule has 1 heterocycles. The molecule has 0 saturated carbocycles. The Morgan fingerprint density at radius 2 is 1.74 bits per heavy atom. The Bertz CT molecular complexity index is 723. The number of benzene rings is 2. The minimum absolute atomic E-state index is 0. The summed E-state index contributed by atoms with van der Waals surface area (Å²) in [4.78, 5) is 16.8. The SMILES string of the molecule is COc1ccc(Cl)cc1NC(=O)CN1CCN(c2ccccc2)CC1.Cl.Cl. The van der Waals surface area contributed by atoms with Gasteiger partial charge in [0, 0.05) is 36.9 Å². The van der Waals surface area contributed by atoms with Crippen molar-refractivity contribution in [1.82, 2.24) is 4.90 Å². The first kappa shape index (κ1) is 23.4. The summed E-state index contributed by atoms with van der Waals surface area (Å²) in [6.45, 7) is 3.90. The maximum atomic E-state index is 12.3. The van der Waals surface area contributed by atoms with E-state index < -0.39 is 0 Å². The number of methoxy groups -OCH3 is 1. The number of nitrogens with one attached hydrogen (secondary N) is 1. The van der Waals surface area contributed by atoms with E-state index >= 15 is 0 Å². The number of piperazine rings is 1. The summed E-state index contributed by atoms with van der Waals surface area (Å²) in [6.07, 6.45) is 0. The van der Waals surface area contributed by atoms with Gasteiger partial charge in [-0.15, -0.1) is 24.8 Å². The molecule has 1 aliphatic heterocycles. The molecule has 1 amide bonds. The second kappa shape index (κ2) is 11.2. The smallest absolute Gasteiger partial charge is 0.238 e. The first-order chi connectivity index (χ1) is 12.2. The predicted octanol–water partition coefficient (Wildman–Crippen LogP) is 3.95. The van der Waals surface area contributed by atoms with Gasteiger partial charge >= 0.3 is 0 Å². The second-order valence-electron chi connectivity index (χ2n) is 5.99. The minimum atomic E-state index is -0.0614. The van der Waals surface area contributed by atoms with E-state index in [2.05, 4.69) is 27.2 Å². The van der Waals surface area contributed by atoms with Gasteiger partial charge in [0.05, 0.1) is 19.3 Å². The summed E-state index contributed by atoms with van der Waals surface area (Å²) >= 11 is 6.00. The third-order valence-electron chi connectivity index (χ3n) is 4.30. The van der Waals surface area contributed by atoms with Crippen LogP contribution < -0.4 is 15.0 Å². The van der Waals surface area contributed by atoms with Crippen LogP contribution >= 0.6 is 36.4 Å². The van der Waals surface area contributed by atoms with Crippen LogP contribution in [0.5, 0.6) is 5.75 Å². The lowest BCUT2D eigenvalue weighted by atomic mass is 10.2. The van der Waals surface area contributed by atoms with E-state index in [1.807, 2.05) is 18.2 Å². The molecule has 1 saturated heterocycles. The number of para-hydroxylation sites is 1. The maximum Gasteiger partial charge on any atom is 0.238 e. The molecule has 8 heteroatoms. The van der Waals surface area contributed by atoms with Crippen LogP contribution in [0.3, 0.4) is 0 Å². The van der Waals surface area contributed by atoms with Crippen molar-refractivity contribution in [3.63, 3.8) is 0 Å². The molecule has 0 radical (unpaired) electrons. The van der Waals surface area contributed by atoms with Gasteiger partial charge in [0.1, 0.15) is 5.75 Å². The summed E-state index contributed by atoms with van der Waals surface area (Å²) in [6, 6.07) is 15.5. The molecule has 0 unspecified atom stereocenters. The van der Waals surface area contributed by atoms with Crippen LogP contribution in [0.15, 0.2) is 48.5 Å². The molecule has 0 aromatic heterocycles. The fourth-order valence-corrected chi connectivity index (χ4v) is 3.15. The highest BCUT2D eigenvalue weighted by atomic mass is 35.5. The van der Waals surface area contributed by atoms with Gasteiger partial charge in [-0.05, 0) is 30.3 Å². The van der Waals surface area contributed by atoms with Crippen molar-refractivity contribution in [2.75, 3.05) is 50.1 Å². The van der Waals surface area contributed by atoms with Crippen molar-refractivity contribution < 1.29 is 9.53 Å². The quantitative estimate of drug-likeness (QED) is 0.777. The van der Waals surface area contributed by atoms with Crippen LogP contribution in [-0.2, 0) is 4.79 Å². The molecular weight excluding hydrogens is 409 g/mol. The van der Waals surface area contributed by atoms with Crippen LogP contribution in [0.4, 0.5) is 11.4 Å². The summed E-state index contributed by atoms with van der Waals surface area (Å²) < 4.78 is 5.26. The van der Waals surface area contributed by atoms with Crippen molar-refractivity contribution in [2.24, 2.45) is 0 Å². The molecular formula is C19H24Cl3N3O2. The Balaban J connectivity index is 0.00000182. The van der Waals surface area contributed by atoms with E-state index in [0.29, 0.717) is 23.0 Å². The molecule has 0 atom stereocenters. The Labute approximate surface area is 177 Å². The molecule has 1 aliphatic rings. The lowest BCUT2D eigenvalue weighted by Gasteiger charge is -2.35. The number of hydrogen-bond acceptors (Lipinski definition) is 4. The van der Waals surface area contributed by atoms with E-state index in [0.717, 1.165) is 26.2 Å². The number of nitrogens with zero attached hydrogens (tertiary/aromatic N) is 2. The second-order valence-corrected chi connectivity index (χ2v) is 6.43. The van der Waals surface area contributed by atoms with Gasteiger partial charge in [-0.3, -0.25) is 9.69 Å². The molecule has 1 N–H and O–H groups in total. The van der Waals surface area contributed by atoms with Crippen molar-refractivity contribution in [3.05, 3.63) is 53.6 Å². The molecule has 27 heavy (non-hydrogen) atoms. The molecule has 2 aromatic carbocycles. The fourth-order valence-electron chi connectivity index (χ4n) is 2.97. The largest absolute Gasteiger partial charge is 0.495 e. The number of carbonyl (C=O) groups is 1. The van der Waals surface area contributed by atoms with Gasteiger partial charge in [0.15, 0.2) is 0 Å². The topological polar surface area (TPSA) is 44.8 Å². The van der Waals surface area contributed by atoms with Crippen LogP contribution in [0.2, 0.25) is 5.02 Å². The molecule has 3 rings (SSSR count). The highest BCUT2D eigenvalue weighted by molar-refractivity contribution is 6.31. The molecule has 0 aliphatic carbocycles. The summed E-state index contributed by atoms with van der Waals surface area (Å²) in [5.74, 6) is 0.542. The third kappa shape index (κ3) is 6.47. The van der Waals surface area contributed by atoms with E-state index in [1.54, 1.807) is 25.3 Å². The number of hydrogen-bond donors (Lipinski definition) is 1. The standard InChI is InChI=1S/C19H22ClN3O2.2ClH/c1-25-18-8-7-15(20)13-17(18)21-19(24)14-22-9-11-23(12-10-22)16-5-3-2-4-6-16;;/h2-8,13H,9-12,14H2,1H3,(H,21,24);2*1H. The summed E-state index contributed by atoms with van der Waals surface area (Å²) in [5, 5.41) is 3.45. The number of carbonyl (C=O) groups excluding carboxylic acids is 1. The van der Waals surface area contributed by atoms with Crippen molar-refractivity contribution >= 4 is 53.7 Å². The first-order valence-corrected chi connectivity index (χ1v) is 8.69. The van der Waals surface area contributed by atoms with Gasteiger partial charge in [-0.1, -0.05) is 29.8 Å². The highest BCUT2D eigenvalue weighted by Gasteiger charge is 2.19. The van der Waals surface area contributed by atoms with E-state index in [9.17, 15) is 4.79 Å². The van der Waals surface area contributed by atoms with E-state index in [-0.39, 0.29) is 30.7 Å². The lowest BCUT2D eigenvalue weighted by Crippen LogP contribution is -2.48. The third-order valence-corrected chi connectivity index (χ3v) is 4.53. The van der Waals surface area contributed by atoms with Gasteiger partial charge in [-0.2, -0.15) is 0 Å². The Hall–Kier alpha value is -1.66. The van der Waals surface area contributed by atoms with Crippen LogP contribution in [0, 0.1) is 0 Å². The van der Waals surface area contributed by atoms with Gasteiger partial charge in [0.25, 0.3) is 0 Å². The zero-order valence-electron chi connectivity index (χ0n) is 15.1. The molecule has 5 nitrogen and oxygen atoms in total. The van der Waals surface area contributed by atoms with Crippen molar-refractivity contribution in [3.8, 4) is 5.75 Å². The first-order valence-electron chi connectivity index (χ1n) is 8.31. The Morgan fingerprint density at radius 3 is 2.37 bits per heavy atom. The van der Waals surface area contributed by atoms with E-state index in [4.69, 9.17) is 16.3 Å². The monoisotopic (exact) mass is 431 g/mol. The van der Waals surface area contributed by atoms with Crippen LogP contribution in [-0.4, -0.2) is 50.6 Å². The number of amides is 1. The zero-order chi connectivity index (χ0) is 17.6. The van der Waals surface area contributed by atoms with Crippen molar-refractivity contribution in [2.45, 2.75) is 0 Å². The zero-order valence-corrected chi connectivity index (χ0v) is 17.4. The summed E-state index contributed by atoms with van der Waals surface area (Å²) in [5.41, 5.74) is 1.83. The number of ether oxygens (including phenoxy) is 1. The Morgan fingerprint density at radius 1 is 1.07 bits per heavy atom. The number of halogens is 3. The normalized spacial score (nSPS) is 13.9. The van der Waals surface area contributed by atoms with Gasteiger partial charge in [-0.25, -0.2) is 0 Å². The molecule has 148 valence electrons. The van der Waals surface area contributed by atoms with E-state index in [1.165, 1.54) is 5.69 Å². The van der Waals surface area contributed by atoms with Gasteiger partial charge < -0.3 is 15.0 Å². The number of anilines is 2. The summed E-state index contributed by atoms with van der Waals surface area (Å²) in [7, 11) is 1.57. The van der Waals surface area contributed by atoms with Crippen LogP contribution in [0.1, 0.15) is 0 Å². The predicted molar refractivity (Wildman–Crippen MR) is 116 cm³/mol. The van der Waals surface area contributed by atoms with Gasteiger partial charge in [0.2, 0.25) is 5.91 Å². The minimum Gasteiger partial charge on any atom is -0.495 e. The fraction of sp³-hybridized carbons (Fsp3) is 0.316. The molecule has 1 fully saturated rings. The number of rotatable bonds is 5. The molecule has 2 aromatic rings. The Kier molecular flexibility index (Phi) is 9.74. The highest BCUT2D eigenvalue weighted by Crippen LogP contribution is 2.27. The molecule has 0 spiro atoms. The average Bonchev–Trinajstić information content (AvgIpc) is 2.63. The van der Waals surface area contributed by atoms with Crippen LogP contribution in [0.25, 0.3) is 0 Å². The maximum absolute atomic E-state index is 12.3. The average molecular weight is 433 g/mol.